The molecular weight excluding hydrogens is 847 g/mol. The van der Waals surface area contributed by atoms with Crippen LogP contribution in [0.4, 0.5) is 25.0 Å². The quantitative estimate of drug-likeness (QED) is 0.137. The van der Waals surface area contributed by atoms with Crippen molar-refractivity contribution in [2.24, 2.45) is 0 Å². The number of nitrogens with one attached hydrogen (secondary N) is 1. The van der Waals surface area contributed by atoms with Gasteiger partial charge in [-0.25, -0.2) is 23.5 Å². The maximum Gasteiger partial charge on any atom is 0.410 e. The van der Waals surface area contributed by atoms with E-state index in [-0.39, 0.29) is 29.6 Å². The predicted octanol–water partition coefficient (Wildman–Crippen LogP) is 9.63. The fourth-order valence-electron chi connectivity index (χ4n) is 8.62. The molecule has 11 nitrogen and oxygen atoms in total. The molecule has 0 saturated carbocycles. The van der Waals surface area contributed by atoms with Crippen LogP contribution in [0, 0.1) is 11.6 Å². The fourth-order valence-corrected chi connectivity index (χ4v) is 8.62. The van der Waals surface area contributed by atoms with E-state index < -0.39 is 5.60 Å². The minimum absolute atomic E-state index is 0.166. The SMILES string of the molecule is CC(=O)CCCCc1nc2cc(CN3CCN(c4ccc(F)cc4)C[C@H]3C)ccc2nc1-c1ccccc1.C[C@@H]1CN(c2ccc(F)cc2)CCN1C.C[C@@H]1CNCCN1C(=O)OC(C)(C)C. The lowest BCUT2D eigenvalue weighted by Crippen LogP contribution is -2.53. The zero-order chi connectivity index (χ0) is 48.1. The lowest BCUT2D eigenvalue weighted by molar-refractivity contribution is -0.117. The Bertz CT molecular complexity index is 2340. The van der Waals surface area contributed by atoms with E-state index in [2.05, 4.69) is 76.1 Å². The van der Waals surface area contributed by atoms with Gasteiger partial charge in [0, 0.05) is 107 Å². The molecule has 4 aromatic carbocycles. The van der Waals surface area contributed by atoms with E-state index in [0.29, 0.717) is 18.5 Å². The number of aromatic nitrogens is 2. The second-order valence-electron chi connectivity index (χ2n) is 19.3. The van der Waals surface area contributed by atoms with Gasteiger partial charge in [0.15, 0.2) is 0 Å². The normalized spacial score (nSPS) is 19.3. The maximum atomic E-state index is 13.3. The summed E-state index contributed by atoms with van der Waals surface area (Å²) in [5.74, 6) is -0.133. The molecule has 3 fully saturated rings. The Morgan fingerprint density at radius 1 is 0.731 bits per heavy atom. The van der Waals surface area contributed by atoms with E-state index in [9.17, 15) is 18.4 Å². The number of anilines is 2. The number of rotatable bonds is 10. The number of halogens is 2. The van der Waals surface area contributed by atoms with E-state index >= 15 is 0 Å². The first kappa shape index (κ1) is 50.9. The van der Waals surface area contributed by atoms with Crippen LogP contribution < -0.4 is 15.1 Å². The van der Waals surface area contributed by atoms with Crippen molar-refractivity contribution in [2.75, 3.05) is 75.8 Å². The van der Waals surface area contributed by atoms with Crippen molar-refractivity contribution in [2.45, 2.75) is 104 Å². The number of nitrogens with zero attached hydrogens (tertiary/aromatic N) is 7. The molecule has 5 aromatic rings. The number of piperazine rings is 3. The van der Waals surface area contributed by atoms with Gasteiger partial charge in [0.25, 0.3) is 0 Å². The smallest absolute Gasteiger partial charge is 0.410 e. The average Bonchev–Trinajstić information content (AvgIpc) is 3.30. The standard InChI is InChI=1S/C32H35FN4O.C12H17FN2.C10H20N2O2/c1-23-21-37(28-15-13-27(33)14-16-28)19-18-36(23)22-25-12-17-29-31(20-25)34-30(11-7-6-8-24(2)38)32(35-29)26-9-4-3-5-10-26;1-10-9-15(8-7-14(10)2)12-5-3-11(13)4-6-12;1-8-7-11-5-6-12(8)9(13)14-10(2,3)4/h3-5,9-10,12-17,20,23H,6-8,11,18-19,21-22H2,1-2H3;3-6,10H,7-9H2,1-2H3;8,11H,5-7H2,1-4H3/t23-;10-;8-/m111/s1. The monoisotopic (exact) mass is 919 g/mol. The number of aryl methyl sites for hydroxylation is 1. The average molecular weight is 919 g/mol. The minimum atomic E-state index is -0.401. The van der Waals surface area contributed by atoms with E-state index in [4.69, 9.17) is 14.7 Å². The predicted molar refractivity (Wildman–Crippen MR) is 268 cm³/mol. The molecule has 67 heavy (non-hydrogen) atoms. The number of hydrogen-bond acceptors (Lipinski definition) is 10. The van der Waals surface area contributed by atoms with Crippen LogP contribution in [-0.2, 0) is 22.5 Å². The zero-order valence-electron chi connectivity index (χ0n) is 41.0. The molecular formula is C54H72F2N8O3. The van der Waals surface area contributed by atoms with Gasteiger partial charge < -0.3 is 34.4 Å². The molecule has 1 amide bonds. The van der Waals surface area contributed by atoms with Gasteiger partial charge in [-0.1, -0.05) is 36.4 Å². The maximum absolute atomic E-state index is 13.3. The molecule has 0 spiro atoms. The van der Waals surface area contributed by atoms with Gasteiger partial charge in [0.1, 0.15) is 23.0 Å². The summed E-state index contributed by atoms with van der Waals surface area (Å²) in [6.07, 6.45) is 2.98. The Morgan fingerprint density at radius 3 is 1.94 bits per heavy atom. The molecule has 0 unspecified atom stereocenters. The summed E-state index contributed by atoms with van der Waals surface area (Å²) in [6, 6.07) is 31.4. The topological polar surface area (TPSA) is 97.4 Å². The highest BCUT2D eigenvalue weighted by Gasteiger charge is 2.28. The van der Waals surface area contributed by atoms with E-state index in [1.54, 1.807) is 11.8 Å². The van der Waals surface area contributed by atoms with Crippen LogP contribution in [0.25, 0.3) is 22.3 Å². The molecule has 3 aliphatic rings. The number of carbonyl (C=O) groups is 2. The largest absolute Gasteiger partial charge is 0.444 e. The first-order chi connectivity index (χ1) is 32.0. The van der Waals surface area contributed by atoms with Crippen molar-refractivity contribution >= 4 is 34.3 Å². The Labute approximate surface area is 397 Å². The molecule has 8 rings (SSSR count). The number of Topliss-reactive ketones (excluding diaryl/α,β-unsaturated/α-hetero) is 1. The highest BCUT2D eigenvalue weighted by Crippen LogP contribution is 2.27. The number of ketones is 1. The summed E-state index contributed by atoms with van der Waals surface area (Å²) in [6.45, 7) is 22.9. The Morgan fingerprint density at radius 2 is 1.36 bits per heavy atom. The van der Waals surface area contributed by atoms with Crippen LogP contribution in [0.2, 0.25) is 0 Å². The highest BCUT2D eigenvalue weighted by molar-refractivity contribution is 5.79. The molecule has 3 atom stereocenters. The van der Waals surface area contributed by atoms with Crippen molar-refractivity contribution in [1.82, 2.24) is 30.0 Å². The molecule has 360 valence electrons. The molecule has 0 bridgehead atoms. The number of carbonyl (C=O) groups excluding carboxylic acids is 2. The van der Waals surface area contributed by atoms with Crippen LogP contribution in [0.15, 0.2) is 97.1 Å². The zero-order valence-corrected chi connectivity index (χ0v) is 41.0. The van der Waals surface area contributed by atoms with Crippen molar-refractivity contribution < 1.29 is 23.1 Å². The van der Waals surface area contributed by atoms with Crippen LogP contribution >= 0.6 is 0 Å². The number of amides is 1. The summed E-state index contributed by atoms with van der Waals surface area (Å²) >= 11 is 0. The molecule has 3 aliphatic heterocycles. The van der Waals surface area contributed by atoms with Gasteiger partial charge >= 0.3 is 6.09 Å². The van der Waals surface area contributed by atoms with Crippen LogP contribution in [0.1, 0.15) is 79.0 Å². The lowest BCUT2D eigenvalue weighted by Gasteiger charge is -2.41. The van der Waals surface area contributed by atoms with E-state index in [0.717, 1.165) is 124 Å². The molecule has 0 radical (unpaired) electrons. The first-order valence-electron chi connectivity index (χ1n) is 24.0. The molecule has 13 heteroatoms. The molecule has 0 aliphatic carbocycles. The molecule has 1 N–H and O–H groups in total. The number of ether oxygens (including phenoxy) is 1. The summed E-state index contributed by atoms with van der Waals surface area (Å²) < 4.78 is 31.4. The van der Waals surface area contributed by atoms with E-state index in [1.165, 1.54) is 29.8 Å². The summed E-state index contributed by atoms with van der Waals surface area (Å²) in [4.78, 5) is 44.5. The molecule has 1 aromatic heterocycles. The minimum Gasteiger partial charge on any atom is -0.444 e. The summed E-state index contributed by atoms with van der Waals surface area (Å²) in [7, 11) is 2.15. The van der Waals surface area contributed by atoms with Gasteiger partial charge in [-0.05, 0) is 141 Å². The number of benzene rings is 4. The van der Waals surface area contributed by atoms with Crippen LogP contribution in [-0.4, -0.2) is 126 Å². The van der Waals surface area contributed by atoms with Crippen molar-refractivity contribution in [1.29, 1.82) is 0 Å². The van der Waals surface area contributed by atoms with Crippen LogP contribution in [0.5, 0.6) is 0 Å². The second-order valence-corrected chi connectivity index (χ2v) is 19.3. The fraction of sp³-hybridized carbons (Fsp3) is 0.481. The van der Waals surface area contributed by atoms with Crippen molar-refractivity contribution in [3.8, 4) is 11.3 Å². The van der Waals surface area contributed by atoms with Gasteiger partial charge in [-0.15, -0.1) is 0 Å². The number of hydrogen-bond donors (Lipinski definition) is 1. The summed E-state index contributed by atoms with van der Waals surface area (Å²) in [5.41, 5.74) is 7.83. The van der Waals surface area contributed by atoms with Gasteiger partial charge in [0.2, 0.25) is 0 Å². The van der Waals surface area contributed by atoms with Crippen LogP contribution in [0.3, 0.4) is 0 Å². The Hall–Kier alpha value is -5.50. The number of likely N-dealkylation sites (N-methyl/N-ethyl adjacent to an activating group) is 1. The van der Waals surface area contributed by atoms with Gasteiger partial charge in [0.05, 0.1) is 22.4 Å². The van der Waals surface area contributed by atoms with Crippen molar-refractivity contribution in [3.05, 3.63) is 120 Å². The molecule has 4 heterocycles. The number of fused-ring (bicyclic) bond motifs is 1. The summed E-state index contributed by atoms with van der Waals surface area (Å²) in [5, 5.41) is 3.23. The van der Waals surface area contributed by atoms with Crippen molar-refractivity contribution in [3.63, 3.8) is 0 Å². The second kappa shape index (κ2) is 24.0. The third-order valence-electron chi connectivity index (χ3n) is 12.7. The molecule has 3 saturated heterocycles. The third-order valence-corrected chi connectivity index (χ3v) is 12.7. The lowest BCUT2D eigenvalue weighted by atomic mass is 10.0. The van der Waals surface area contributed by atoms with Gasteiger partial charge in [-0.3, -0.25) is 4.90 Å². The van der Waals surface area contributed by atoms with Gasteiger partial charge in [-0.2, -0.15) is 0 Å². The third kappa shape index (κ3) is 15.3. The highest BCUT2D eigenvalue weighted by atomic mass is 19.1. The Balaban J connectivity index is 0.000000208. The number of unbranched alkanes of at least 4 members (excludes halogenated alkanes) is 1. The first-order valence-corrected chi connectivity index (χ1v) is 24.0. The Kier molecular flexibility index (Phi) is 18.2. The van der Waals surface area contributed by atoms with E-state index in [1.807, 2.05) is 70.2 Å².